The van der Waals surface area contributed by atoms with Crippen LogP contribution in [-0.4, -0.2) is 35.1 Å². The van der Waals surface area contributed by atoms with Gasteiger partial charge in [-0.1, -0.05) is 29.8 Å². The molecule has 1 saturated heterocycles. The Hall–Kier alpha value is -2.79. The number of pyridine rings is 1. The lowest BCUT2D eigenvalue weighted by Gasteiger charge is -2.32. The maximum absolute atomic E-state index is 13.2. The molecular formula is C23H23ClN2O3. The maximum Gasteiger partial charge on any atom is 0.258 e. The molecule has 1 aromatic heterocycles. The lowest BCUT2D eigenvalue weighted by molar-refractivity contribution is 0.0662. The van der Waals surface area contributed by atoms with Gasteiger partial charge in [0, 0.05) is 42.1 Å². The van der Waals surface area contributed by atoms with Crippen molar-refractivity contribution in [1.29, 1.82) is 0 Å². The first-order valence-electron chi connectivity index (χ1n) is 9.79. The normalized spacial score (nSPS) is 14.9. The minimum Gasteiger partial charge on any atom is -0.493 e. The number of likely N-dealkylation sites (tertiary alicyclic amines) is 1. The quantitative estimate of drug-likeness (QED) is 0.650. The van der Waals surface area contributed by atoms with E-state index in [2.05, 4.69) is 0 Å². The van der Waals surface area contributed by atoms with Gasteiger partial charge in [-0.05, 0) is 49.1 Å². The molecule has 0 unspecified atom stereocenters. The summed E-state index contributed by atoms with van der Waals surface area (Å²) in [5.74, 6) is 1.20. The fraction of sp³-hybridized carbons (Fsp3) is 0.304. The lowest BCUT2D eigenvalue weighted by Crippen LogP contribution is -2.40. The van der Waals surface area contributed by atoms with Gasteiger partial charge in [-0.25, -0.2) is 0 Å². The van der Waals surface area contributed by atoms with E-state index in [4.69, 9.17) is 16.3 Å². The van der Waals surface area contributed by atoms with E-state index in [9.17, 15) is 9.59 Å². The number of hydrogen-bond donors (Lipinski definition) is 0. The van der Waals surface area contributed by atoms with Gasteiger partial charge in [-0.3, -0.25) is 9.59 Å². The molecule has 0 atom stereocenters. The number of nitrogens with zero attached hydrogens (tertiary/aromatic N) is 2. The third-order valence-corrected chi connectivity index (χ3v) is 5.77. The Morgan fingerprint density at radius 2 is 1.72 bits per heavy atom. The summed E-state index contributed by atoms with van der Waals surface area (Å²) in [6, 6.07) is 14.7. The molecule has 0 bridgehead atoms. The predicted molar refractivity (Wildman–Crippen MR) is 115 cm³/mol. The van der Waals surface area contributed by atoms with Crippen molar-refractivity contribution in [3.8, 4) is 5.75 Å². The van der Waals surface area contributed by atoms with E-state index in [1.807, 2.05) is 47.4 Å². The van der Waals surface area contributed by atoms with Crippen LogP contribution in [0.2, 0.25) is 5.02 Å². The highest BCUT2D eigenvalue weighted by atomic mass is 35.5. The number of benzene rings is 2. The highest BCUT2D eigenvalue weighted by molar-refractivity contribution is 6.30. The molecule has 6 heteroatoms. The van der Waals surface area contributed by atoms with Gasteiger partial charge in [0.25, 0.3) is 11.5 Å². The summed E-state index contributed by atoms with van der Waals surface area (Å²) < 4.78 is 7.36. The lowest BCUT2D eigenvalue weighted by atomic mass is 9.96. The van der Waals surface area contributed by atoms with Gasteiger partial charge < -0.3 is 14.2 Å². The van der Waals surface area contributed by atoms with Gasteiger partial charge in [-0.2, -0.15) is 0 Å². The fourth-order valence-electron chi connectivity index (χ4n) is 3.80. The van der Waals surface area contributed by atoms with E-state index >= 15 is 0 Å². The van der Waals surface area contributed by atoms with Gasteiger partial charge in [-0.15, -0.1) is 0 Å². The zero-order valence-corrected chi connectivity index (χ0v) is 17.1. The van der Waals surface area contributed by atoms with E-state index in [1.165, 1.54) is 4.57 Å². The van der Waals surface area contributed by atoms with Crippen LogP contribution in [0.5, 0.6) is 5.75 Å². The zero-order valence-electron chi connectivity index (χ0n) is 16.3. The summed E-state index contributed by atoms with van der Waals surface area (Å²) in [4.78, 5) is 27.4. The largest absolute Gasteiger partial charge is 0.493 e. The van der Waals surface area contributed by atoms with Gasteiger partial charge in [0.1, 0.15) is 5.75 Å². The number of piperidine rings is 1. The first-order valence-corrected chi connectivity index (χ1v) is 10.2. The SMILES string of the molecule is Cn1cc(C(=O)N2CCC(COc3ccc(Cl)cc3)CC2)c2ccccc2c1=O. The number of halogens is 1. The van der Waals surface area contributed by atoms with Gasteiger partial charge in [0.2, 0.25) is 0 Å². The van der Waals surface area contributed by atoms with Crippen molar-refractivity contribution in [2.24, 2.45) is 13.0 Å². The molecule has 1 fully saturated rings. The molecule has 0 radical (unpaired) electrons. The molecule has 1 aliphatic rings. The third-order valence-electron chi connectivity index (χ3n) is 5.52. The van der Waals surface area contributed by atoms with Crippen LogP contribution in [-0.2, 0) is 7.05 Å². The highest BCUT2D eigenvalue weighted by Gasteiger charge is 2.25. The molecule has 150 valence electrons. The average molecular weight is 411 g/mol. The first kappa shape index (κ1) is 19.5. The Kier molecular flexibility index (Phi) is 5.58. The van der Waals surface area contributed by atoms with Crippen LogP contribution in [0.4, 0.5) is 0 Å². The second-order valence-electron chi connectivity index (χ2n) is 7.50. The highest BCUT2D eigenvalue weighted by Crippen LogP contribution is 2.23. The number of aromatic nitrogens is 1. The molecule has 0 aliphatic carbocycles. The Morgan fingerprint density at radius 1 is 1.07 bits per heavy atom. The van der Waals surface area contributed by atoms with Gasteiger partial charge in [0.15, 0.2) is 0 Å². The van der Waals surface area contributed by atoms with Crippen LogP contribution in [0.1, 0.15) is 23.2 Å². The van der Waals surface area contributed by atoms with E-state index in [1.54, 1.807) is 19.3 Å². The molecule has 0 N–H and O–H groups in total. The molecule has 4 rings (SSSR count). The minimum absolute atomic E-state index is 0.0196. The molecule has 0 spiro atoms. The molecule has 1 aliphatic heterocycles. The maximum atomic E-state index is 13.2. The van der Waals surface area contributed by atoms with E-state index in [0.29, 0.717) is 47.0 Å². The molecule has 0 saturated carbocycles. The summed E-state index contributed by atoms with van der Waals surface area (Å²) in [7, 11) is 1.69. The Labute approximate surface area is 174 Å². The number of ether oxygens (including phenoxy) is 1. The molecule has 2 aromatic carbocycles. The zero-order chi connectivity index (χ0) is 20.4. The molecule has 2 heterocycles. The molecule has 3 aromatic rings. The van der Waals surface area contributed by atoms with Crippen molar-refractivity contribution < 1.29 is 9.53 Å². The molecule has 5 nitrogen and oxygen atoms in total. The van der Waals surface area contributed by atoms with Crippen molar-refractivity contribution in [3.05, 3.63) is 75.7 Å². The van der Waals surface area contributed by atoms with Crippen molar-refractivity contribution >= 4 is 28.3 Å². The second kappa shape index (κ2) is 8.29. The first-order chi connectivity index (χ1) is 14.0. The molecule has 1 amide bonds. The predicted octanol–water partition coefficient (Wildman–Crippen LogP) is 4.12. The summed E-state index contributed by atoms with van der Waals surface area (Å²) >= 11 is 5.90. The number of carbonyl (C=O) groups is 1. The van der Waals surface area contributed by atoms with Crippen LogP contribution in [0, 0.1) is 5.92 Å². The number of rotatable bonds is 4. The van der Waals surface area contributed by atoms with Crippen molar-refractivity contribution in [1.82, 2.24) is 9.47 Å². The van der Waals surface area contributed by atoms with Crippen LogP contribution in [0.3, 0.4) is 0 Å². The monoisotopic (exact) mass is 410 g/mol. The smallest absolute Gasteiger partial charge is 0.258 e. The number of fused-ring (bicyclic) bond motifs is 1. The van der Waals surface area contributed by atoms with Crippen molar-refractivity contribution in [2.75, 3.05) is 19.7 Å². The average Bonchev–Trinajstić information content (AvgIpc) is 2.76. The van der Waals surface area contributed by atoms with Crippen molar-refractivity contribution in [2.45, 2.75) is 12.8 Å². The standard InChI is InChI=1S/C23H23ClN2O3/c1-25-14-21(19-4-2-3-5-20(19)22(25)27)23(28)26-12-10-16(11-13-26)15-29-18-8-6-17(24)7-9-18/h2-9,14,16H,10-13,15H2,1H3. The Bertz CT molecular complexity index is 1080. The van der Waals surface area contributed by atoms with Crippen LogP contribution in [0.25, 0.3) is 10.8 Å². The number of aryl methyl sites for hydroxylation is 1. The van der Waals surface area contributed by atoms with Gasteiger partial charge in [0.05, 0.1) is 12.2 Å². The van der Waals surface area contributed by atoms with Crippen LogP contribution < -0.4 is 10.3 Å². The van der Waals surface area contributed by atoms with E-state index in [-0.39, 0.29) is 11.5 Å². The minimum atomic E-state index is -0.0878. The second-order valence-corrected chi connectivity index (χ2v) is 7.94. The summed E-state index contributed by atoms with van der Waals surface area (Å²) in [5, 5.41) is 1.98. The number of carbonyl (C=O) groups excluding carboxylic acids is 1. The van der Waals surface area contributed by atoms with Crippen molar-refractivity contribution in [3.63, 3.8) is 0 Å². The van der Waals surface area contributed by atoms with E-state index < -0.39 is 0 Å². The molecule has 29 heavy (non-hydrogen) atoms. The Morgan fingerprint density at radius 3 is 2.41 bits per heavy atom. The Balaban J connectivity index is 1.42. The van der Waals surface area contributed by atoms with E-state index in [0.717, 1.165) is 18.6 Å². The summed E-state index contributed by atoms with van der Waals surface area (Å²) in [5.41, 5.74) is 0.494. The summed E-state index contributed by atoms with van der Waals surface area (Å²) in [6.45, 7) is 2.00. The van der Waals surface area contributed by atoms with Crippen LogP contribution in [0.15, 0.2) is 59.5 Å². The van der Waals surface area contributed by atoms with Crippen LogP contribution >= 0.6 is 11.6 Å². The topological polar surface area (TPSA) is 51.5 Å². The third kappa shape index (κ3) is 4.15. The summed E-state index contributed by atoms with van der Waals surface area (Å²) in [6.07, 6.45) is 3.44. The number of hydrogen-bond acceptors (Lipinski definition) is 3. The fourth-order valence-corrected chi connectivity index (χ4v) is 3.93. The van der Waals surface area contributed by atoms with Gasteiger partial charge >= 0.3 is 0 Å². The number of amides is 1. The molecular weight excluding hydrogens is 388 g/mol.